The van der Waals surface area contributed by atoms with Crippen molar-refractivity contribution in [3.8, 4) is 0 Å². The Hall–Kier alpha value is -1.89. The molecule has 2 N–H and O–H groups in total. The number of β-amino-alcohol motifs (C(OH)–C–C–N with tert-alkyl or cyclic N) is 1. The lowest BCUT2D eigenvalue weighted by atomic mass is 10.2. The summed E-state index contributed by atoms with van der Waals surface area (Å²) in [5.41, 5.74) is 1.29. The van der Waals surface area contributed by atoms with Gasteiger partial charge in [-0.05, 0) is 25.1 Å². The van der Waals surface area contributed by atoms with Crippen molar-refractivity contribution in [3.63, 3.8) is 0 Å². The van der Waals surface area contributed by atoms with Crippen LogP contribution in [0.15, 0.2) is 48.8 Å². The van der Waals surface area contributed by atoms with Crippen LogP contribution in [0.3, 0.4) is 0 Å². The number of hydrogen-bond donors (Lipinski definition) is 2. The first-order chi connectivity index (χ1) is 12.2. The summed E-state index contributed by atoms with van der Waals surface area (Å²) in [6, 6.07) is 12.8. The molecule has 0 unspecified atom stereocenters. The fraction of sp³-hybridized carbons (Fsp3) is 0.526. The molecule has 2 aromatic rings. The number of nitrogens with one attached hydrogen (secondary N) is 1. The average molecular weight is 343 g/mol. The minimum Gasteiger partial charge on any atom is -0.390 e. The molecule has 1 aliphatic rings. The quantitative estimate of drug-likeness (QED) is 0.750. The molecular weight excluding hydrogens is 314 g/mol. The van der Waals surface area contributed by atoms with E-state index in [1.54, 1.807) is 6.20 Å². The van der Waals surface area contributed by atoms with Gasteiger partial charge in [-0.3, -0.25) is 9.58 Å². The Balaban J connectivity index is 1.34. The van der Waals surface area contributed by atoms with E-state index in [2.05, 4.69) is 57.5 Å². The van der Waals surface area contributed by atoms with Gasteiger partial charge in [-0.25, -0.2) is 0 Å². The molecule has 25 heavy (non-hydrogen) atoms. The first-order valence-electron chi connectivity index (χ1n) is 9.12. The van der Waals surface area contributed by atoms with Crippen LogP contribution in [0.1, 0.15) is 6.92 Å². The van der Waals surface area contributed by atoms with Crippen LogP contribution in [0.2, 0.25) is 0 Å². The van der Waals surface area contributed by atoms with E-state index in [1.807, 2.05) is 16.9 Å². The highest BCUT2D eigenvalue weighted by Gasteiger charge is 2.19. The fourth-order valence-corrected chi connectivity index (χ4v) is 3.28. The van der Waals surface area contributed by atoms with Crippen LogP contribution in [0.5, 0.6) is 0 Å². The maximum atomic E-state index is 10.3. The predicted molar refractivity (Wildman–Crippen MR) is 101 cm³/mol. The number of para-hydroxylation sites is 1. The average Bonchev–Trinajstić information content (AvgIpc) is 3.14. The van der Waals surface area contributed by atoms with E-state index in [1.165, 1.54) is 5.69 Å². The number of piperazine rings is 1. The Bertz CT molecular complexity index is 596. The summed E-state index contributed by atoms with van der Waals surface area (Å²) >= 11 is 0. The largest absolute Gasteiger partial charge is 0.390 e. The van der Waals surface area contributed by atoms with Gasteiger partial charge in [0.15, 0.2) is 0 Å². The number of rotatable bonds is 8. The zero-order valence-corrected chi connectivity index (χ0v) is 15.0. The zero-order valence-electron chi connectivity index (χ0n) is 15.0. The minimum absolute atomic E-state index is 0.282. The van der Waals surface area contributed by atoms with Crippen LogP contribution in [0, 0.1) is 0 Å². The molecule has 0 radical (unpaired) electrons. The van der Waals surface area contributed by atoms with E-state index in [0.29, 0.717) is 6.54 Å². The van der Waals surface area contributed by atoms with Crippen molar-refractivity contribution in [2.75, 3.05) is 44.2 Å². The zero-order chi connectivity index (χ0) is 17.5. The summed E-state index contributed by atoms with van der Waals surface area (Å²) in [6.45, 7) is 8.29. The SMILES string of the molecule is C[C@@H](Cn1cccn1)NC[C@H](O)CN1CCN(c2ccccc2)CC1. The molecule has 1 aromatic heterocycles. The molecule has 1 aromatic carbocycles. The normalized spacial score (nSPS) is 18.2. The van der Waals surface area contributed by atoms with E-state index in [4.69, 9.17) is 0 Å². The van der Waals surface area contributed by atoms with Gasteiger partial charge < -0.3 is 15.3 Å². The summed E-state index contributed by atoms with van der Waals surface area (Å²) < 4.78 is 1.91. The van der Waals surface area contributed by atoms with E-state index in [-0.39, 0.29) is 12.1 Å². The molecule has 0 spiro atoms. The van der Waals surface area contributed by atoms with Crippen molar-refractivity contribution in [1.29, 1.82) is 0 Å². The highest BCUT2D eigenvalue weighted by Crippen LogP contribution is 2.15. The fourth-order valence-electron chi connectivity index (χ4n) is 3.28. The number of aliphatic hydroxyl groups is 1. The van der Waals surface area contributed by atoms with Crippen molar-refractivity contribution >= 4 is 5.69 Å². The Labute approximate surface area is 150 Å². The Morgan fingerprint density at radius 2 is 1.84 bits per heavy atom. The summed E-state index contributed by atoms with van der Waals surface area (Å²) in [5.74, 6) is 0. The van der Waals surface area contributed by atoms with Crippen LogP contribution < -0.4 is 10.2 Å². The molecule has 0 saturated carbocycles. The standard InChI is InChI=1S/C19H29N5O/c1-17(15-24-9-5-8-21-24)20-14-19(25)16-22-10-12-23(13-11-22)18-6-3-2-4-7-18/h2-9,17,19-20,25H,10-16H2,1H3/t17-,19-/m0/s1. The molecule has 3 rings (SSSR count). The Morgan fingerprint density at radius 1 is 1.08 bits per heavy atom. The van der Waals surface area contributed by atoms with Gasteiger partial charge in [-0.2, -0.15) is 5.10 Å². The lowest BCUT2D eigenvalue weighted by Gasteiger charge is -2.37. The minimum atomic E-state index is -0.344. The molecule has 0 bridgehead atoms. The first-order valence-corrected chi connectivity index (χ1v) is 9.12. The molecule has 6 nitrogen and oxygen atoms in total. The van der Waals surface area contributed by atoms with Gasteiger partial charge in [0.25, 0.3) is 0 Å². The van der Waals surface area contributed by atoms with Gasteiger partial charge in [-0.1, -0.05) is 18.2 Å². The number of hydrogen-bond acceptors (Lipinski definition) is 5. The molecule has 1 aliphatic heterocycles. The van der Waals surface area contributed by atoms with Gasteiger partial charge in [0, 0.05) is 63.4 Å². The molecule has 6 heteroatoms. The van der Waals surface area contributed by atoms with Crippen molar-refractivity contribution in [2.24, 2.45) is 0 Å². The van der Waals surface area contributed by atoms with Crippen molar-refractivity contribution in [2.45, 2.75) is 25.6 Å². The second-order valence-electron chi connectivity index (χ2n) is 6.81. The van der Waals surface area contributed by atoms with Gasteiger partial charge in [0.1, 0.15) is 0 Å². The van der Waals surface area contributed by atoms with Crippen molar-refractivity contribution in [1.82, 2.24) is 20.0 Å². The number of anilines is 1. The summed E-state index contributed by atoms with van der Waals surface area (Å²) in [7, 11) is 0. The second-order valence-corrected chi connectivity index (χ2v) is 6.81. The van der Waals surface area contributed by atoms with Gasteiger partial charge >= 0.3 is 0 Å². The van der Waals surface area contributed by atoms with Gasteiger partial charge in [-0.15, -0.1) is 0 Å². The van der Waals surface area contributed by atoms with E-state index >= 15 is 0 Å². The number of aliphatic hydroxyl groups excluding tert-OH is 1. The van der Waals surface area contributed by atoms with Gasteiger partial charge in [0.2, 0.25) is 0 Å². The molecule has 2 heterocycles. The monoisotopic (exact) mass is 343 g/mol. The van der Waals surface area contributed by atoms with Crippen LogP contribution >= 0.6 is 0 Å². The molecule has 1 saturated heterocycles. The molecule has 0 amide bonds. The number of benzene rings is 1. The second kappa shape index (κ2) is 8.99. The topological polar surface area (TPSA) is 56.6 Å². The van der Waals surface area contributed by atoms with Gasteiger partial charge in [0.05, 0.1) is 12.6 Å². The highest BCUT2D eigenvalue weighted by molar-refractivity contribution is 5.46. The number of nitrogens with zero attached hydrogens (tertiary/aromatic N) is 4. The van der Waals surface area contributed by atoms with Crippen molar-refractivity contribution in [3.05, 3.63) is 48.8 Å². The van der Waals surface area contributed by atoms with Crippen molar-refractivity contribution < 1.29 is 5.11 Å². The lowest BCUT2D eigenvalue weighted by molar-refractivity contribution is 0.105. The maximum Gasteiger partial charge on any atom is 0.0791 e. The summed E-state index contributed by atoms with van der Waals surface area (Å²) in [4.78, 5) is 4.76. The third kappa shape index (κ3) is 5.56. The highest BCUT2D eigenvalue weighted by atomic mass is 16.3. The van der Waals surface area contributed by atoms with Crippen LogP contribution in [-0.4, -0.2) is 71.2 Å². The van der Waals surface area contributed by atoms with E-state index < -0.39 is 0 Å². The molecule has 0 aliphatic carbocycles. The smallest absolute Gasteiger partial charge is 0.0791 e. The Kier molecular flexibility index (Phi) is 6.44. The van der Waals surface area contributed by atoms with Crippen LogP contribution in [-0.2, 0) is 6.54 Å². The maximum absolute atomic E-state index is 10.3. The molecular formula is C19H29N5O. The third-order valence-electron chi connectivity index (χ3n) is 4.68. The summed E-state index contributed by atoms with van der Waals surface area (Å²) in [6.07, 6.45) is 3.40. The van der Waals surface area contributed by atoms with E-state index in [0.717, 1.165) is 39.3 Å². The predicted octanol–water partition coefficient (Wildman–Crippen LogP) is 1.04. The molecule has 136 valence electrons. The Morgan fingerprint density at radius 3 is 2.52 bits per heavy atom. The first kappa shape index (κ1) is 17.9. The summed E-state index contributed by atoms with van der Waals surface area (Å²) in [5, 5.41) is 17.9. The molecule has 1 fully saturated rings. The number of aromatic nitrogens is 2. The third-order valence-corrected chi connectivity index (χ3v) is 4.68. The van der Waals surface area contributed by atoms with E-state index in [9.17, 15) is 5.11 Å². The van der Waals surface area contributed by atoms with Crippen LogP contribution in [0.25, 0.3) is 0 Å². The lowest BCUT2D eigenvalue weighted by Crippen LogP contribution is -2.50. The van der Waals surface area contributed by atoms with Crippen LogP contribution in [0.4, 0.5) is 5.69 Å². The molecule has 2 atom stereocenters.